The second kappa shape index (κ2) is 6.04. The quantitative estimate of drug-likeness (QED) is 0.784. The maximum Gasteiger partial charge on any atom is 0.311 e. The molecule has 0 unspecified atom stereocenters. The van der Waals surface area contributed by atoms with Gasteiger partial charge in [-0.15, -0.1) is 0 Å². The number of aromatic nitrogens is 1. The molecule has 0 radical (unpaired) electrons. The van der Waals surface area contributed by atoms with E-state index in [-0.39, 0.29) is 17.5 Å². The molecule has 104 valence electrons. The van der Waals surface area contributed by atoms with Crippen molar-refractivity contribution >= 4 is 5.97 Å². The molecule has 4 heteroatoms. The molecule has 1 saturated carbocycles. The molecular weight excluding hydrogens is 242 g/mol. The summed E-state index contributed by atoms with van der Waals surface area (Å²) in [5.41, 5.74) is -0.339. The summed E-state index contributed by atoms with van der Waals surface area (Å²) < 4.78 is 11.0. The monoisotopic (exact) mass is 263 g/mol. The third kappa shape index (κ3) is 3.46. The van der Waals surface area contributed by atoms with Crippen LogP contribution in [-0.2, 0) is 9.53 Å². The fraction of sp³-hybridized carbons (Fsp3) is 0.600. The molecule has 4 nitrogen and oxygen atoms in total. The average Bonchev–Trinajstić information content (AvgIpc) is 2.43. The van der Waals surface area contributed by atoms with Crippen LogP contribution >= 0.6 is 0 Å². The Bertz CT molecular complexity index is 411. The summed E-state index contributed by atoms with van der Waals surface area (Å²) in [7, 11) is 0. The topological polar surface area (TPSA) is 48.4 Å². The minimum absolute atomic E-state index is 0.0719. The van der Waals surface area contributed by atoms with Crippen LogP contribution in [0.1, 0.15) is 39.5 Å². The number of esters is 1. The summed E-state index contributed by atoms with van der Waals surface area (Å²) in [6.45, 7) is 4.29. The van der Waals surface area contributed by atoms with E-state index in [2.05, 4.69) is 4.98 Å². The third-order valence-electron chi connectivity index (χ3n) is 3.76. The van der Waals surface area contributed by atoms with E-state index in [4.69, 9.17) is 9.47 Å². The van der Waals surface area contributed by atoms with E-state index in [9.17, 15) is 4.79 Å². The molecule has 0 bridgehead atoms. The summed E-state index contributed by atoms with van der Waals surface area (Å²) >= 11 is 0. The highest BCUT2D eigenvalue weighted by atomic mass is 16.5. The van der Waals surface area contributed by atoms with E-state index < -0.39 is 0 Å². The van der Waals surface area contributed by atoms with Gasteiger partial charge in [-0.2, -0.15) is 0 Å². The van der Waals surface area contributed by atoms with Crippen LogP contribution in [0.2, 0.25) is 0 Å². The number of nitrogens with zero attached hydrogens (tertiary/aromatic N) is 1. The predicted molar refractivity (Wildman–Crippen MR) is 71.9 cm³/mol. The van der Waals surface area contributed by atoms with Gasteiger partial charge in [0.05, 0.1) is 18.1 Å². The molecule has 0 saturated heterocycles. The van der Waals surface area contributed by atoms with Gasteiger partial charge >= 0.3 is 5.97 Å². The molecule has 1 aliphatic rings. The number of hydrogen-bond donors (Lipinski definition) is 0. The lowest BCUT2D eigenvalue weighted by Gasteiger charge is -2.35. The first kappa shape index (κ1) is 13.8. The van der Waals surface area contributed by atoms with Crippen LogP contribution in [-0.4, -0.2) is 23.7 Å². The van der Waals surface area contributed by atoms with Crippen molar-refractivity contribution in [2.75, 3.05) is 6.61 Å². The first-order valence-electron chi connectivity index (χ1n) is 6.88. The second-order valence-electron chi connectivity index (χ2n) is 5.28. The lowest BCUT2D eigenvalue weighted by molar-refractivity contribution is -0.157. The second-order valence-corrected chi connectivity index (χ2v) is 5.28. The van der Waals surface area contributed by atoms with E-state index in [1.807, 2.05) is 26.0 Å². The molecule has 19 heavy (non-hydrogen) atoms. The van der Waals surface area contributed by atoms with Crippen LogP contribution < -0.4 is 4.74 Å². The zero-order chi connectivity index (χ0) is 13.7. The van der Waals surface area contributed by atoms with E-state index in [0.29, 0.717) is 6.61 Å². The Labute approximate surface area is 114 Å². The van der Waals surface area contributed by atoms with Crippen molar-refractivity contribution in [1.82, 2.24) is 4.98 Å². The molecule has 0 atom stereocenters. The fourth-order valence-corrected chi connectivity index (χ4v) is 2.47. The van der Waals surface area contributed by atoms with Crippen molar-refractivity contribution in [3.05, 3.63) is 24.5 Å². The molecule has 0 N–H and O–H groups in total. The Kier molecular flexibility index (Phi) is 4.40. The first-order chi connectivity index (χ1) is 9.14. The SMILES string of the molecule is CCOC(=O)C1(C)CCC(Oc2ccncc2)CC1. The Hall–Kier alpha value is -1.58. The standard InChI is InChI=1S/C15H21NO3/c1-3-18-14(17)15(2)8-4-12(5-9-15)19-13-6-10-16-11-7-13/h6-7,10-12H,3-5,8-9H2,1-2H3. The van der Waals surface area contributed by atoms with Crippen molar-refractivity contribution in [1.29, 1.82) is 0 Å². The van der Waals surface area contributed by atoms with Crippen molar-refractivity contribution in [3.8, 4) is 5.75 Å². The fourth-order valence-electron chi connectivity index (χ4n) is 2.47. The highest BCUT2D eigenvalue weighted by Crippen LogP contribution is 2.38. The third-order valence-corrected chi connectivity index (χ3v) is 3.76. The summed E-state index contributed by atoms with van der Waals surface area (Å²) in [4.78, 5) is 15.9. The van der Waals surface area contributed by atoms with Crippen LogP contribution in [0.3, 0.4) is 0 Å². The van der Waals surface area contributed by atoms with Gasteiger partial charge in [-0.3, -0.25) is 9.78 Å². The predicted octanol–water partition coefficient (Wildman–Crippen LogP) is 2.97. The minimum atomic E-state index is -0.339. The maximum atomic E-state index is 11.9. The van der Waals surface area contributed by atoms with Gasteiger partial charge in [0, 0.05) is 12.4 Å². The Morgan fingerprint density at radius 1 is 1.37 bits per heavy atom. The Morgan fingerprint density at radius 3 is 2.58 bits per heavy atom. The Balaban J connectivity index is 1.87. The van der Waals surface area contributed by atoms with E-state index in [1.54, 1.807) is 12.4 Å². The highest BCUT2D eigenvalue weighted by molar-refractivity contribution is 5.76. The number of ether oxygens (including phenoxy) is 2. The van der Waals surface area contributed by atoms with Crippen LogP contribution in [0, 0.1) is 5.41 Å². The van der Waals surface area contributed by atoms with Crippen LogP contribution in [0.4, 0.5) is 0 Å². The van der Waals surface area contributed by atoms with E-state index in [0.717, 1.165) is 31.4 Å². The molecule has 1 aromatic rings. The van der Waals surface area contributed by atoms with Crippen molar-refractivity contribution in [3.63, 3.8) is 0 Å². The molecule has 1 heterocycles. The van der Waals surface area contributed by atoms with Gasteiger partial charge in [-0.1, -0.05) is 0 Å². The van der Waals surface area contributed by atoms with Crippen molar-refractivity contribution in [2.45, 2.75) is 45.6 Å². The number of carbonyl (C=O) groups excluding carboxylic acids is 1. The van der Waals surface area contributed by atoms with Gasteiger partial charge in [0.25, 0.3) is 0 Å². The molecule has 0 amide bonds. The summed E-state index contributed by atoms with van der Waals surface area (Å²) in [6, 6.07) is 3.72. The molecule has 1 fully saturated rings. The van der Waals surface area contributed by atoms with Gasteiger partial charge < -0.3 is 9.47 Å². The highest BCUT2D eigenvalue weighted by Gasteiger charge is 2.39. The number of pyridine rings is 1. The van der Waals surface area contributed by atoms with Crippen molar-refractivity contribution < 1.29 is 14.3 Å². The van der Waals surface area contributed by atoms with Gasteiger partial charge in [0.2, 0.25) is 0 Å². The van der Waals surface area contributed by atoms with Crippen LogP contribution in [0.25, 0.3) is 0 Å². The average molecular weight is 263 g/mol. The number of hydrogen-bond acceptors (Lipinski definition) is 4. The van der Waals surface area contributed by atoms with Gasteiger partial charge in [0.15, 0.2) is 0 Å². The number of rotatable bonds is 4. The minimum Gasteiger partial charge on any atom is -0.490 e. The summed E-state index contributed by atoms with van der Waals surface area (Å²) in [5, 5.41) is 0. The molecular formula is C15H21NO3. The van der Waals surface area contributed by atoms with Crippen LogP contribution in [0.5, 0.6) is 5.75 Å². The summed E-state index contributed by atoms with van der Waals surface area (Å²) in [6.07, 6.45) is 7.05. The lowest BCUT2D eigenvalue weighted by atomic mass is 9.74. The molecule has 1 aliphatic carbocycles. The molecule has 0 aromatic carbocycles. The normalized spacial score (nSPS) is 26.7. The van der Waals surface area contributed by atoms with E-state index >= 15 is 0 Å². The molecule has 0 aliphatic heterocycles. The molecule has 2 rings (SSSR count). The largest absolute Gasteiger partial charge is 0.490 e. The zero-order valence-electron chi connectivity index (χ0n) is 11.6. The molecule has 0 spiro atoms. The van der Waals surface area contributed by atoms with Gasteiger partial charge in [-0.25, -0.2) is 0 Å². The summed E-state index contributed by atoms with van der Waals surface area (Å²) in [5.74, 6) is 0.775. The lowest BCUT2D eigenvalue weighted by Crippen LogP contribution is -2.37. The number of carbonyl (C=O) groups is 1. The van der Waals surface area contributed by atoms with Crippen LogP contribution in [0.15, 0.2) is 24.5 Å². The van der Waals surface area contributed by atoms with Gasteiger partial charge in [0.1, 0.15) is 5.75 Å². The maximum absolute atomic E-state index is 11.9. The van der Waals surface area contributed by atoms with Crippen molar-refractivity contribution in [2.24, 2.45) is 5.41 Å². The molecule has 1 aromatic heterocycles. The first-order valence-corrected chi connectivity index (χ1v) is 6.88. The van der Waals surface area contributed by atoms with E-state index in [1.165, 1.54) is 0 Å². The zero-order valence-corrected chi connectivity index (χ0v) is 11.6. The smallest absolute Gasteiger partial charge is 0.311 e. The van der Waals surface area contributed by atoms with Gasteiger partial charge in [-0.05, 0) is 51.7 Å². The Morgan fingerprint density at radius 2 is 2.00 bits per heavy atom.